The van der Waals surface area contributed by atoms with Crippen molar-refractivity contribution >= 4 is 17.5 Å². The number of nitrogens with zero attached hydrogens (tertiary/aromatic N) is 3. The normalized spacial score (nSPS) is 10.6. The first kappa shape index (κ1) is 16.3. The van der Waals surface area contributed by atoms with E-state index in [1.54, 1.807) is 19.2 Å². The second kappa shape index (κ2) is 7.31. The summed E-state index contributed by atoms with van der Waals surface area (Å²) in [6, 6.07) is 17.0. The zero-order valence-electron chi connectivity index (χ0n) is 13.5. The van der Waals surface area contributed by atoms with Crippen LogP contribution < -0.4 is 4.74 Å². The molecule has 0 N–H and O–H groups in total. The van der Waals surface area contributed by atoms with Crippen LogP contribution in [0.5, 0.6) is 5.75 Å². The molecule has 0 saturated heterocycles. The van der Waals surface area contributed by atoms with Gasteiger partial charge in [0.25, 0.3) is 0 Å². The van der Waals surface area contributed by atoms with Crippen molar-refractivity contribution in [3.63, 3.8) is 0 Å². The molecule has 24 heavy (non-hydrogen) atoms. The van der Waals surface area contributed by atoms with E-state index in [0.29, 0.717) is 22.2 Å². The number of aromatic nitrogens is 3. The largest absolute Gasteiger partial charge is 0.497 e. The number of hydrogen-bond acceptors (Lipinski definition) is 5. The molecule has 0 amide bonds. The molecule has 0 unspecified atom stereocenters. The summed E-state index contributed by atoms with van der Waals surface area (Å²) in [6.45, 7) is 0. The van der Waals surface area contributed by atoms with Crippen molar-refractivity contribution in [2.24, 2.45) is 7.05 Å². The minimum Gasteiger partial charge on any atom is -0.497 e. The van der Waals surface area contributed by atoms with Crippen molar-refractivity contribution in [3.05, 3.63) is 60.2 Å². The highest BCUT2D eigenvalue weighted by molar-refractivity contribution is 7.99. The summed E-state index contributed by atoms with van der Waals surface area (Å²) in [7, 11) is 3.49. The second-order valence-corrected chi connectivity index (χ2v) is 6.12. The Morgan fingerprint density at radius 1 is 1.12 bits per heavy atom. The van der Waals surface area contributed by atoms with Gasteiger partial charge in [0.05, 0.1) is 12.9 Å². The number of methoxy groups -OCH3 is 1. The summed E-state index contributed by atoms with van der Waals surface area (Å²) in [5.41, 5.74) is 1.63. The Kier molecular flexibility index (Phi) is 4.96. The summed E-state index contributed by atoms with van der Waals surface area (Å²) in [5, 5.41) is 9.13. The average molecular weight is 339 g/mol. The molecule has 5 nitrogen and oxygen atoms in total. The van der Waals surface area contributed by atoms with Gasteiger partial charge in [-0.15, -0.1) is 10.2 Å². The predicted molar refractivity (Wildman–Crippen MR) is 94.5 cm³/mol. The highest BCUT2D eigenvalue weighted by atomic mass is 32.2. The molecule has 0 aliphatic rings. The van der Waals surface area contributed by atoms with E-state index >= 15 is 0 Å². The van der Waals surface area contributed by atoms with E-state index in [9.17, 15) is 4.79 Å². The molecule has 0 aliphatic heterocycles. The Morgan fingerprint density at radius 2 is 1.92 bits per heavy atom. The second-order valence-electron chi connectivity index (χ2n) is 5.18. The molecule has 0 saturated carbocycles. The van der Waals surface area contributed by atoms with Crippen molar-refractivity contribution in [1.29, 1.82) is 0 Å². The molecule has 122 valence electrons. The van der Waals surface area contributed by atoms with E-state index in [4.69, 9.17) is 4.74 Å². The number of thioether (sulfide) groups is 1. The number of ketones is 1. The van der Waals surface area contributed by atoms with Gasteiger partial charge in [-0.25, -0.2) is 0 Å². The van der Waals surface area contributed by atoms with Crippen LogP contribution in [0.1, 0.15) is 10.4 Å². The van der Waals surface area contributed by atoms with Crippen LogP contribution in [0, 0.1) is 0 Å². The first-order valence-electron chi connectivity index (χ1n) is 7.44. The summed E-state index contributed by atoms with van der Waals surface area (Å²) < 4.78 is 7.06. The number of rotatable bonds is 6. The van der Waals surface area contributed by atoms with E-state index in [1.807, 2.05) is 54.1 Å². The molecule has 2 aromatic carbocycles. The molecular weight excluding hydrogens is 322 g/mol. The first-order valence-corrected chi connectivity index (χ1v) is 8.42. The summed E-state index contributed by atoms with van der Waals surface area (Å²) in [4.78, 5) is 12.3. The van der Waals surface area contributed by atoms with Gasteiger partial charge in [-0.3, -0.25) is 4.79 Å². The molecule has 0 spiro atoms. The first-order chi connectivity index (χ1) is 11.7. The van der Waals surface area contributed by atoms with Gasteiger partial charge < -0.3 is 9.30 Å². The maximum atomic E-state index is 12.3. The third-order valence-electron chi connectivity index (χ3n) is 3.59. The van der Waals surface area contributed by atoms with E-state index < -0.39 is 0 Å². The van der Waals surface area contributed by atoms with E-state index in [1.165, 1.54) is 11.8 Å². The Labute approximate surface area is 144 Å². The number of carbonyl (C=O) groups excluding carboxylic acids is 1. The number of Topliss-reactive ketones (excluding diaryl/α,β-unsaturated/α-hetero) is 1. The Morgan fingerprint density at radius 3 is 2.67 bits per heavy atom. The molecule has 1 aromatic heterocycles. The van der Waals surface area contributed by atoms with Crippen molar-refractivity contribution in [2.75, 3.05) is 12.9 Å². The van der Waals surface area contributed by atoms with Gasteiger partial charge in [-0.1, -0.05) is 54.2 Å². The zero-order chi connectivity index (χ0) is 16.9. The van der Waals surface area contributed by atoms with Gasteiger partial charge in [0.2, 0.25) is 0 Å². The molecular formula is C18H17N3O2S. The highest BCUT2D eigenvalue weighted by Gasteiger charge is 2.14. The van der Waals surface area contributed by atoms with E-state index in [-0.39, 0.29) is 5.78 Å². The minimum absolute atomic E-state index is 0.0307. The lowest BCUT2D eigenvalue weighted by Crippen LogP contribution is -2.04. The Balaban J connectivity index is 1.71. The van der Waals surface area contributed by atoms with Gasteiger partial charge in [-0.2, -0.15) is 0 Å². The van der Waals surface area contributed by atoms with Crippen LogP contribution in [0.15, 0.2) is 59.8 Å². The highest BCUT2D eigenvalue weighted by Crippen LogP contribution is 2.23. The predicted octanol–water partition coefficient (Wildman–Crippen LogP) is 3.47. The third-order valence-corrected chi connectivity index (χ3v) is 4.61. The number of benzene rings is 2. The van der Waals surface area contributed by atoms with Crippen LogP contribution in [0.25, 0.3) is 11.4 Å². The standard InChI is InChI=1S/C18H17N3O2S/c1-21-17(13-7-4-3-5-8-13)19-20-18(21)24-12-16(22)14-9-6-10-15(11-14)23-2/h3-11H,12H2,1-2H3. The molecule has 0 aliphatic carbocycles. The molecule has 3 aromatic rings. The van der Waals surface area contributed by atoms with Crippen LogP contribution >= 0.6 is 11.8 Å². The van der Waals surface area contributed by atoms with Crippen molar-refractivity contribution < 1.29 is 9.53 Å². The molecule has 0 atom stereocenters. The lowest BCUT2D eigenvalue weighted by molar-refractivity contribution is 0.102. The maximum absolute atomic E-state index is 12.3. The van der Waals surface area contributed by atoms with Gasteiger partial charge in [0, 0.05) is 18.2 Å². The number of carbonyl (C=O) groups is 1. The molecule has 3 rings (SSSR count). The topological polar surface area (TPSA) is 57.0 Å². The van der Waals surface area contributed by atoms with Gasteiger partial charge in [-0.05, 0) is 12.1 Å². The van der Waals surface area contributed by atoms with Crippen molar-refractivity contribution in [2.45, 2.75) is 5.16 Å². The fraction of sp³-hybridized carbons (Fsp3) is 0.167. The Bertz CT molecular complexity index is 846. The van der Waals surface area contributed by atoms with Crippen molar-refractivity contribution in [1.82, 2.24) is 14.8 Å². The molecule has 0 fully saturated rings. The number of ether oxygens (including phenoxy) is 1. The fourth-order valence-corrected chi connectivity index (χ4v) is 3.09. The van der Waals surface area contributed by atoms with Crippen LogP contribution in [0.3, 0.4) is 0 Å². The average Bonchev–Trinajstić information content (AvgIpc) is 3.01. The summed E-state index contributed by atoms with van der Waals surface area (Å²) in [5.74, 6) is 1.79. The molecule has 1 heterocycles. The molecule has 0 bridgehead atoms. The summed E-state index contributed by atoms with van der Waals surface area (Å²) in [6.07, 6.45) is 0. The lowest BCUT2D eigenvalue weighted by Gasteiger charge is -2.05. The van der Waals surface area contributed by atoms with Crippen molar-refractivity contribution in [3.8, 4) is 17.1 Å². The molecule has 6 heteroatoms. The van der Waals surface area contributed by atoms with Gasteiger partial charge in [0.1, 0.15) is 5.75 Å². The number of hydrogen-bond donors (Lipinski definition) is 0. The van der Waals surface area contributed by atoms with Crippen LogP contribution in [-0.2, 0) is 7.05 Å². The third kappa shape index (κ3) is 3.49. The van der Waals surface area contributed by atoms with Gasteiger partial charge >= 0.3 is 0 Å². The van der Waals surface area contributed by atoms with Gasteiger partial charge in [0.15, 0.2) is 16.8 Å². The fourth-order valence-electron chi connectivity index (χ4n) is 2.29. The SMILES string of the molecule is COc1cccc(C(=O)CSc2nnc(-c3ccccc3)n2C)c1. The quantitative estimate of drug-likeness (QED) is 0.508. The molecule has 0 radical (unpaired) electrons. The van der Waals surface area contributed by atoms with E-state index in [2.05, 4.69) is 10.2 Å². The minimum atomic E-state index is 0.0307. The lowest BCUT2D eigenvalue weighted by atomic mass is 10.1. The van der Waals surface area contributed by atoms with Crippen LogP contribution in [0.4, 0.5) is 0 Å². The smallest absolute Gasteiger partial charge is 0.191 e. The van der Waals surface area contributed by atoms with Crippen LogP contribution in [0.2, 0.25) is 0 Å². The maximum Gasteiger partial charge on any atom is 0.191 e. The van der Waals surface area contributed by atoms with E-state index in [0.717, 1.165) is 11.4 Å². The summed E-state index contributed by atoms with van der Waals surface area (Å²) >= 11 is 1.38. The zero-order valence-corrected chi connectivity index (χ0v) is 14.3. The van der Waals surface area contributed by atoms with Crippen LogP contribution in [-0.4, -0.2) is 33.4 Å². The Hall–Kier alpha value is -2.60. The monoisotopic (exact) mass is 339 g/mol.